The summed E-state index contributed by atoms with van der Waals surface area (Å²) >= 11 is 0. The van der Waals surface area contributed by atoms with Gasteiger partial charge < -0.3 is 14.6 Å². The Hall–Kier alpha value is -3.90. The molecule has 0 aliphatic carbocycles. The van der Waals surface area contributed by atoms with Crippen LogP contribution in [0.5, 0.6) is 0 Å². The average Bonchev–Trinajstić information content (AvgIpc) is 3.11. The van der Waals surface area contributed by atoms with E-state index in [1.165, 1.54) is 17.6 Å². The van der Waals surface area contributed by atoms with Crippen LogP contribution in [-0.4, -0.2) is 39.9 Å². The summed E-state index contributed by atoms with van der Waals surface area (Å²) < 4.78 is 44.5. The number of benzene rings is 1. The lowest BCUT2D eigenvalue weighted by molar-refractivity contribution is -0.384. The number of nitrogens with one attached hydrogen (secondary N) is 2. The molecule has 2 N–H and O–H groups in total. The van der Waals surface area contributed by atoms with Gasteiger partial charge in [0.1, 0.15) is 17.4 Å². The Morgan fingerprint density at radius 2 is 1.94 bits per heavy atom. The van der Waals surface area contributed by atoms with E-state index < -0.39 is 52.8 Å². The maximum atomic E-state index is 12.8. The van der Waals surface area contributed by atoms with Crippen molar-refractivity contribution in [1.29, 1.82) is 0 Å². The van der Waals surface area contributed by atoms with Crippen molar-refractivity contribution >= 4 is 29.2 Å². The molecule has 1 atom stereocenters. The highest BCUT2D eigenvalue weighted by Crippen LogP contribution is 2.35. The second-order valence-corrected chi connectivity index (χ2v) is 6.34. The monoisotopic (exact) mass is 442 g/mol. The van der Waals surface area contributed by atoms with Crippen molar-refractivity contribution < 1.29 is 37.2 Å². The second-order valence-electron chi connectivity index (χ2n) is 6.34. The van der Waals surface area contributed by atoms with Crippen LogP contribution >= 0.6 is 0 Å². The fraction of sp³-hybridized carbons (Fsp3) is 0.278. The van der Waals surface area contributed by atoms with Crippen LogP contribution in [0.4, 0.5) is 24.5 Å². The minimum absolute atomic E-state index is 0.198. The van der Waals surface area contributed by atoms with Gasteiger partial charge in [0.25, 0.3) is 17.5 Å². The van der Waals surface area contributed by atoms with Crippen LogP contribution in [0.25, 0.3) is 0 Å². The Labute approximate surface area is 173 Å². The van der Waals surface area contributed by atoms with E-state index in [0.717, 1.165) is 6.07 Å². The number of anilines is 1. The lowest BCUT2D eigenvalue weighted by atomic mass is 10.1. The number of halogens is 3. The fourth-order valence-corrected chi connectivity index (χ4v) is 2.46. The van der Waals surface area contributed by atoms with Crippen molar-refractivity contribution in [3.63, 3.8) is 0 Å². The molecule has 0 saturated carbocycles. The van der Waals surface area contributed by atoms with Gasteiger partial charge in [-0.15, -0.1) is 0 Å². The molecule has 2 aromatic rings. The van der Waals surface area contributed by atoms with Gasteiger partial charge in [-0.05, 0) is 31.2 Å². The van der Waals surface area contributed by atoms with E-state index in [4.69, 9.17) is 4.74 Å². The number of nitrogens with zero attached hydrogens (tertiary/aromatic N) is 2. The number of hydrogen-bond donors (Lipinski definition) is 2. The van der Waals surface area contributed by atoms with Crippen molar-refractivity contribution in [2.45, 2.75) is 19.1 Å². The molecule has 1 aromatic carbocycles. The Morgan fingerprint density at radius 3 is 2.48 bits per heavy atom. The Morgan fingerprint density at radius 1 is 1.26 bits per heavy atom. The van der Waals surface area contributed by atoms with Crippen molar-refractivity contribution in [3.8, 4) is 0 Å². The van der Waals surface area contributed by atoms with Crippen molar-refractivity contribution in [2.75, 3.05) is 11.9 Å². The number of nitro groups is 1. The van der Waals surface area contributed by atoms with Crippen LogP contribution in [0, 0.1) is 10.1 Å². The summed E-state index contributed by atoms with van der Waals surface area (Å²) in [5.41, 5.74) is -2.25. The number of rotatable bonds is 7. The number of ether oxygens (including phenoxy) is 1. The summed E-state index contributed by atoms with van der Waals surface area (Å²) in [4.78, 5) is 45.8. The molecule has 2 amide bonds. The number of hydrogen-bond acceptors (Lipinski definition) is 7. The summed E-state index contributed by atoms with van der Waals surface area (Å²) in [6, 6.07) is 3.59. The molecule has 0 spiro atoms. The number of alkyl halides is 3. The molecular weight excluding hydrogens is 425 g/mol. The summed E-state index contributed by atoms with van der Waals surface area (Å²) in [7, 11) is 1.59. The number of carbonyl (C=O) groups excluding carboxylic acids is 3. The zero-order valence-corrected chi connectivity index (χ0v) is 16.2. The SMILES string of the molecule is C[C@@H](Nc1ccc(C(F)(F)F)cc1[N+](=O)[O-])C(=O)OCC(=O)NC(=O)c1cccn1C. The molecule has 13 heteroatoms. The zero-order chi connectivity index (χ0) is 23.3. The normalized spacial score (nSPS) is 12.0. The maximum Gasteiger partial charge on any atom is 0.416 e. The van der Waals surface area contributed by atoms with Crippen molar-refractivity contribution in [2.24, 2.45) is 7.05 Å². The Kier molecular flexibility index (Phi) is 7.00. The quantitative estimate of drug-likeness (QED) is 0.382. The first-order valence-electron chi connectivity index (χ1n) is 8.64. The number of imide groups is 1. The van der Waals surface area contributed by atoms with Gasteiger partial charge >= 0.3 is 12.1 Å². The number of esters is 1. The van der Waals surface area contributed by atoms with E-state index in [-0.39, 0.29) is 11.4 Å². The molecule has 0 bridgehead atoms. The number of carbonyl (C=O) groups is 3. The lowest BCUT2D eigenvalue weighted by Gasteiger charge is -2.15. The molecular formula is C18H17F3N4O6. The minimum Gasteiger partial charge on any atom is -0.454 e. The molecule has 2 rings (SSSR count). The molecule has 0 saturated heterocycles. The standard InChI is InChI=1S/C18H17F3N4O6/c1-10(22-12-6-5-11(18(19,20)21)8-14(12)25(29)30)17(28)31-9-15(26)23-16(27)13-4-3-7-24(13)2/h3-8,10,22H,9H2,1-2H3,(H,23,26,27)/t10-/m1/s1. The third-order valence-electron chi connectivity index (χ3n) is 4.02. The van der Waals surface area contributed by atoms with Crippen LogP contribution in [-0.2, 0) is 27.5 Å². The molecule has 166 valence electrons. The summed E-state index contributed by atoms with van der Waals surface area (Å²) in [6.07, 6.45) is -3.19. The van der Waals surface area contributed by atoms with Crippen LogP contribution in [0.1, 0.15) is 23.0 Å². The topological polar surface area (TPSA) is 133 Å². The van der Waals surface area contributed by atoms with Gasteiger partial charge in [-0.3, -0.25) is 25.0 Å². The molecule has 31 heavy (non-hydrogen) atoms. The van der Waals surface area contributed by atoms with Crippen molar-refractivity contribution in [3.05, 3.63) is 57.9 Å². The lowest BCUT2D eigenvalue weighted by Crippen LogP contribution is -2.37. The average molecular weight is 442 g/mol. The molecule has 1 aromatic heterocycles. The van der Waals surface area contributed by atoms with Crippen LogP contribution in [0.15, 0.2) is 36.5 Å². The van der Waals surface area contributed by atoms with E-state index >= 15 is 0 Å². The summed E-state index contributed by atoms with van der Waals surface area (Å²) in [6.45, 7) is 0.423. The highest BCUT2D eigenvalue weighted by molar-refractivity contribution is 6.04. The summed E-state index contributed by atoms with van der Waals surface area (Å²) in [5.74, 6) is -2.64. The number of nitro benzene ring substituents is 1. The minimum atomic E-state index is -4.78. The first-order chi connectivity index (χ1) is 14.4. The predicted molar refractivity (Wildman–Crippen MR) is 100 cm³/mol. The third-order valence-corrected chi connectivity index (χ3v) is 4.02. The molecule has 0 aliphatic heterocycles. The predicted octanol–water partition coefficient (Wildman–Crippen LogP) is 2.25. The Bertz CT molecular complexity index is 1020. The number of amides is 2. The first kappa shape index (κ1) is 23.4. The first-order valence-corrected chi connectivity index (χ1v) is 8.64. The van der Waals surface area contributed by atoms with Crippen LogP contribution < -0.4 is 10.6 Å². The third kappa shape index (κ3) is 6.04. The summed E-state index contributed by atoms with van der Waals surface area (Å²) in [5, 5.41) is 15.5. The molecule has 0 unspecified atom stereocenters. The molecule has 1 heterocycles. The highest BCUT2D eigenvalue weighted by Gasteiger charge is 2.33. The van der Waals surface area contributed by atoms with Crippen molar-refractivity contribution in [1.82, 2.24) is 9.88 Å². The maximum absolute atomic E-state index is 12.8. The van der Waals surface area contributed by atoms with Gasteiger partial charge in [-0.25, -0.2) is 4.79 Å². The highest BCUT2D eigenvalue weighted by atomic mass is 19.4. The van der Waals surface area contributed by atoms with E-state index in [9.17, 15) is 37.7 Å². The number of aromatic nitrogens is 1. The van der Waals surface area contributed by atoms with Crippen LogP contribution in [0.3, 0.4) is 0 Å². The van der Waals surface area contributed by atoms with Crippen LogP contribution in [0.2, 0.25) is 0 Å². The van der Waals surface area contributed by atoms with E-state index in [2.05, 4.69) is 5.32 Å². The van der Waals surface area contributed by atoms with E-state index in [1.807, 2.05) is 5.32 Å². The zero-order valence-electron chi connectivity index (χ0n) is 16.2. The van der Waals surface area contributed by atoms with Gasteiger partial charge in [-0.1, -0.05) is 0 Å². The van der Waals surface area contributed by atoms with E-state index in [0.29, 0.717) is 12.1 Å². The van der Waals surface area contributed by atoms with Gasteiger partial charge in [-0.2, -0.15) is 13.2 Å². The largest absolute Gasteiger partial charge is 0.454 e. The van der Waals surface area contributed by atoms with Gasteiger partial charge in [0.05, 0.1) is 10.5 Å². The Balaban J connectivity index is 1.96. The smallest absolute Gasteiger partial charge is 0.416 e. The second kappa shape index (κ2) is 9.28. The van der Waals surface area contributed by atoms with Gasteiger partial charge in [0.15, 0.2) is 6.61 Å². The molecule has 0 aliphatic rings. The van der Waals surface area contributed by atoms with Gasteiger partial charge in [0, 0.05) is 19.3 Å². The fourth-order valence-electron chi connectivity index (χ4n) is 2.46. The molecule has 0 radical (unpaired) electrons. The number of aryl methyl sites for hydroxylation is 1. The molecule has 10 nitrogen and oxygen atoms in total. The molecule has 0 fully saturated rings. The van der Waals surface area contributed by atoms with E-state index in [1.54, 1.807) is 19.3 Å². The van der Waals surface area contributed by atoms with Gasteiger partial charge in [0.2, 0.25) is 0 Å².